The van der Waals surface area contributed by atoms with E-state index in [-0.39, 0.29) is 11.3 Å². The molecule has 1 N–H and O–H groups in total. The Balaban J connectivity index is 2.55. The van der Waals surface area contributed by atoms with Crippen LogP contribution in [0.2, 0.25) is 0 Å². The van der Waals surface area contributed by atoms with Crippen molar-refractivity contribution in [2.24, 2.45) is 11.3 Å². The molecule has 1 saturated heterocycles. The highest BCUT2D eigenvalue weighted by molar-refractivity contribution is 5.79. The molecule has 1 aliphatic rings. The van der Waals surface area contributed by atoms with Crippen LogP contribution in [0.1, 0.15) is 34.1 Å². The highest BCUT2D eigenvalue weighted by Crippen LogP contribution is 2.28. The monoisotopic (exact) mass is 212 g/mol. The predicted molar refractivity (Wildman–Crippen MR) is 62.7 cm³/mol. The Morgan fingerprint density at radius 2 is 2.07 bits per heavy atom. The van der Waals surface area contributed by atoms with Crippen molar-refractivity contribution in [2.45, 2.75) is 40.2 Å². The maximum absolute atomic E-state index is 12.2. The van der Waals surface area contributed by atoms with Gasteiger partial charge in [-0.25, -0.2) is 0 Å². The summed E-state index contributed by atoms with van der Waals surface area (Å²) in [6.45, 7) is 10.2. The first-order valence-corrected chi connectivity index (χ1v) is 5.82. The Labute approximate surface area is 93.2 Å². The van der Waals surface area contributed by atoms with E-state index in [2.05, 4.69) is 26.1 Å². The number of nitrogens with one attached hydrogen (secondary N) is 1. The summed E-state index contributed by atoms with van der Waals surface area (Å²) in [4.78, 5) is 14.1. The minimum atomic E-state index is 0.0643. The van der Waals surface area contributed by atoms with Crippen molar-refractivity contribution in [1.82, 2.24) is 10.2 Å². The molecule has 0 aliphatic carbocycles. The van der Waals surface area contributed by atoms with Gasteiger partial charge < -0.3 is 10.2 Å². The molecule has 2 unspecified atom stereocenters. The molecule has 0 aromatic rings. The smallest absolute Gasteiger partial charge is 0.225 e. The van der Waals surface area contributed by atoms with E-state index in [1.165, 1.54) is 0 Å². The lowest BCUT2D eigenvalue weighted by Crippen LogP contribution is -2.40. The Morgan fingerprint density at radius 3 is 2.47 bits per heavy atom. The molecule has 15 heavy (non-hydrogen) atoms. The lowest BCUT2D eigenvalue weighted by Gasteiger charge is -2.30. The number of rotatable bonds is 2. The van der Waals surface area contributed by atoms with Crippen molar-refractivity contribution in [3.63, 3.8) is 0 Å². The van der Waals surface area contributed by atoms with Crippen LogP contribution in [0.25, 0.3) is 0 Å². The average molecular weight is 212 g/mol. The molecule has 3 heteroatoms. The van der Waals surface area contributed by atoms with Gasteiger partial charge in [0.1, 0.15) is 0 Å². The molecule has 1 fully saturated rings. The number of hydrogen-bond acceptors (Lipinski definition) is 2. The second kappa shape index (κ2) is 4.52. The van der Waals surface area contributed by atoms with Gasteiger partial charge in [0.2, 0.25) is 5.91 Å². The zero-order valence-electron chi connectivity index (χ0n) is 10.6. The summed E-state index contributed by atoms with van der Waals surface area (Å²) in [7, 11) is 1.96. The minimum absolute atomic E-state index is 0.0643. The Hall–Kier alpha value is -0.570. The molecule has 2 atom stereocenters. The first-order valence-electron chi connectivity index (χ1n) is 5.82. The Morgan fingerprint density at radius 1 is 1.47 bits per heavy atom. The minimum Gasteiger partial charge on any atom is -0.341 e. The van der Waals surface area contributed by atoms with E-state index < -0.39 is 0 Å². The number of likely N-dealkylation sites (tertiary alicyclic amines) is 1. The van der Waals surface area contributed by atoms with Gasteiger partial charge in [0.15, 0.2) is 0 Å². The first-order chi connectivity index (χ1) is 6.86. The van der Waals surface area contributed by atoms with Gasteiger partial charge in [-0.1, -0.05) is 27.7 Å². The maximum atomic E-state index is 12.2. The van der Waals surface area contributed by atoms with Gasteiger partial charge in [-0.15, -0.1) is 0 Å². The van der Waals surface area contributed by atoms with Crippen molar-refractivity contribution < 1.29 is 4.79 Å². The second-order valence-corrected chi connectivity index (χ2v) is 5.65. The number of hydrogen-bond donors (Lipinski definition) is 1. The fourth-order valence-electron chi connectivity index (χ4n) is 1.84. The SMILES string of the molecule is CNC1CCN(C(=O)C(C)C(C)(C)C)C1. The number of likely N-dealkylation sites (N-methyl/N-ethyl adjacent to an activating group) is 1. The van der Waals surface area contributed by atoms with Gasteiger partial charge in [-0.3, -0.25) is 4.79 Å². The molecule has 1 amide bonds. The van der Waals surface area contributed by atoms with Crippen molar-refractivity contribution >= 4 is 5.91 Å². The molecule has 0 bridgehead atoms. The van der Waals surface area contributed by atoms with Crippen LogP contribution in [0.3, 0.4) is 0 Å². The van der Waals surface area contributed by atoms with Gasteiger partial charge in [0.25, 0.3) is 0 Å². The maximum Gasteiger partial charge on any atom is 0.225 e. The summed E-state index contributed by atoms with van der Waals surface area (Å²) >= 11 is 0. The van der Waals surface area contributed by atoms with Gasteiger partial charge in [0, 0.05) is 25.0 Å². The molecule has 0 spiro atoms. The first kappa shape index (κ1) is 12.5. The molecule has 0 radical (unpaired) electrons. The van der Waals surface area contributed by atoms with Crippen LogP contribution in [0.15, 0.2) is 0 Å². The molecule has 0 saturated carbocycles. The average Bonchev–Trinajstić information content (AvgIpc) is 2.62. The van der Waals surface area contributed by atoms with Gasteiger partial charge in [-0.05, 0) is 18.9 Å². The summed E-state index contributed by atoms with van der Waals surface area (Å²) in [5, 5.41) is 3.23. The third-order valence-electron chi connectivity index (χ3n) is 3.58. The lowest BCUT2D eigenvalue weighted by atomic mass is 9.81. The Bertz CT molecular complexity index is 232. The third-order valence-corrected chi connectivity index (χ3v) is 3.58. The predicted octanol–water partition coefficient (Wildman–Crippen LogP) is 1.49. The van der Waals surface area contributed by atoms with E-state index in [0.717, 1.165) is 19.5 Å². The van der Waals surface area contributed by atoms with Crippen molar-refractivity contribution in [2.75, 3.05) is 20.1 Å². The van der Waals surface area contributed by atoms with Crippen molar-refractivity contribution in [3.8, 4) is 0 Å². The molecule has 1 heterocycles. The molecule has 0 aromatic heterocycles. The van der Waals surface area contributed by atoms with E-state index in [1.807, 2.05) is 18.9 Å². The number of nitrogens with zero attached hydrogens (tertiary/aromatic N) is 1. The zero-order valence-corrected chi connectivity index (χ0v) is 10.6. The quantitative estimate of drug-likeness (QED) is 0.752. The van der Waals surface area contributed by atoms with Crippen LogP contribution in [0.4, 0.5) is 0 Å². The second-order valence-electron chi connectivity index (χ2n) is 5.65. The summed E-state index contributed by atoms with van der Waals surface area (Å²) in [6, 6.07) is 0.487. The molecular formula is C12H24N2O. The topological polar surface area (TPSA) is 32.3 Å². The van der Waals surface area contributed by atoms with Crippen molar-refractivity contribution in [3.05, 3.63) is 0 Å². The van der Waals surface area contributed by atoms with E-state index >= 15 is 0 Å². The fourth-order valence-corrected chi connectivity index (χ4v) is 1.84. The molecule has 88 valence electrons. The summed E-state index contributed by atoms with van der Waals surface area (Å²) in [6.07, 6.45) is 1.08. The van der Waals surface area contributed by atoms with E-state index in [4.69, 9.17) is 0 Å². The third kappa shape index (κ3) is 2.94. The van der Waals surface area contributed by atoms with Crippen LogP contribution in [0, 0.1) is 11.3 Å². The lowest BCUT2D eigenvalue weighted by molar-refractivity contribution is -0.137. The van der Waals surface area contributed by atoms with E-state index in [0.29, 0.717) is 11.9 Å². The molecular weight excluding hydrogens is 188 g/mol. The number of carbonyl (C=O) groups is 1. The number of amides is 1. The van der Waals surface area contributed by atoms with E-state index in [9.17, 15) is 4.79 Å². The highest BCUT2D eigenvalue weighted by Gasteiger charge is 2.33. The van der Waals surface area contributed by atoms with E-state index in [1.54, 1.807) is 0 Å². The van der Waals surface area contributed by atoms with Gasteiger partial charge in [0.05, 0.1) is 0 Å². The van der Waals surface area contributed by atoms with Crippen LogP contribution in [-0.2, 0) is 4.79 Å². The molecule has 1 rings (SSSR count). The summed E-state index contributed by atoms with van der Waals surface area (Å²) in [5.41, 5.74) is 0.0643. The molecule has 3 nitrogen and oxygen atoms in total. The van der Waals surface area contributed by atoms with Crippen LogP contribution < -0.4 is 5.32 Å². The fraction of sp³-hybridized carbons (Fsp3) is 0.917. The Kier molecular flexibility index (Phi) is 3.77. The van der Waals surface area contributed by atoms with Gasteiger partial charge >= 0.3 is 0 Å². The largest absolute Gasteiger partial charge is 0.341 e. The normalized spacial score (nSPS) is 24.3. The highest BCUT2D eigenvalue weighted by atomic mass is 16.2. The standard InChI is InChI=1S/C12H24N2O/c1-9(12(2,3)4)11(15)14-7-6-10(8-14)13-5/h9-10,13H,6-8H2,1-5H3. The van der Waals surface area contributed by atoms with Gasteiger partial charge in [-0.2, -0.15) is 0 Å². The van der Waals surface area contributed by atoms with Crippen LogP contribution in [-0.4, -0.2) is 37.0 Å². The molecule has 1 aliphatic heterocycles. The zero-order chi connectivity index (χ0) is 11.6. The number of carbonyl (C=O) groups excluding carboxylic acids is 1. The summed E-state index contributed by atoms with van der Waals surface area (Å²) < 4.78 is 0. The van der Waals surface area contributed by atoms with Crippen LogP contribution in [0.5, 0.6) is 0 Å². The summed E-state index contributed by atoms with van der Waals surface area (Å²) in [5.74, 6) is 0.411. The van der Waals surface area contributed by atoms with Crippen LogP contribution >= 0.6 is 0 Å². The molecule has 0 aromatic carbocycles. The van der Waals surface area contributed by atoms with Crippen molar-refractivity contribution in [1.29, 1.82) is 0 Å².